The molecule has 0 aliphatic rings. The maximum absolute atomic E-state index is 12.0. The summed E-state index contributed by atoms with van der Waals surface area (Å²) in [5.74, 6) is -0.364. The average molecular weight is 318 g/mol. The minimum atomic E-state index is -0.364. The van der Waals surface area contributed by atoms with Crippen LogP contribution in [0.25, 0.3) is 0 Å². The molecule has 0 radical (unpaired) electrons. The van der Waals surface area contributed by atoms with Crippen molar-refractivity contribution in [2.24, 2.45) is 0 Å². The number of hydrogen-bond acceptors (Lipinski definition) is 4. The smallest absolute Gasteiger partial charge is 0.348 e. The molecule has 22 heavy (non-hydrogen) atoms. The molecule has 6 heteroatoms. The zero-order valence-electron chi connectivity index (χ0n) is 12.7. The Balaban J connectivity index is 2.01. The SMILES string of the molecule is CCOC(=O)c1sc(NC(=O)Nc2ccc(C)cc2)cc1C. The number of urea groups is 1. The number of carbonyl (C=O) groups is 2. The fourth-order valence-electron chi connectivity index (χ4n) is 1.85. The number of carbonyl (C=O) groups excluding carboxylic acids is 2. The Morgan fingerprint density at radius 2 is 1.82 bits per heavy atom. The number of ether oxygens (including phenoxy) is 1. The van der Waals surface area contributed by atoms with E-state index in [2.05, 4.69) is 10.6 Å². The monoisotopic (exact) mass is 318 g/mol. The number of nitrogens with one attached hydrogen (secondary N) is 2. The largest absolute Gasteiger partial charge is 0.462 e. The molecule has 1 heterocycles. The summed E-state index contributed by atoms with van der Waals surface area (Å²) in [5, 5.41) is 6.07. The van der Waals surface area contributed by atoms with Gasteiger partial charge in [0.2, 0.25) is 0 Å². The molecule has 0 aliphatic carbocycles. The molecular weight excluding hydrogens is 300 g/mol. The lowest BCUT2D eigenvalue weighted by Gasteiger charge is -2.06. The number of esters is 1. The van der Waals surface area contributed by atoms with Crippen LogP contribution >= 0.6 is 11.3 Å². The van der Waals surface area contributed by atoms with Crippen molar-refractivity contribution in [2.75, 3.05) is 17.2 Å². The number of rotatable bonds is 4. The molecule has 2 aromatic rings. The van der Waals surface area contributed by atoms with Crippen LogP contribution < -0.4 is 10.6 Å². The molecule has 1 aromatic carbocycles. The molecule has 0 fully saturated rings. The maximum atomic E-state index is 12.0. The van der Waals surface area contributed by atoms with Crippen LogP contribution in [0.1, 0.15) is 27.7 Å². The summed E-state index contributed by atoms with van der Waals surface area (Å²) >= 11 is 1.20. The Kier molecular flexibility index (Phi) is 5.16. The van der Waals surface area contributed by atoms with Gasteiger partial charge in [-0.15, -0.1) is 11.3 Å². The second-order valence-electron chi connectivity index (χ2n) is 4.79. The van der Waals surface area contributed by atoms with Gasteiger partial charge in [0.1, 0.15) is 4.88 Å². The summed E-state index contributed by atoms with van der Waals surface area (Å²) in [4.78, 5) is 24.2. The van der Waals surface area contributed by atoms with E-state index < -0.39 is 0 Å². The van der Waals surface area contributed by atoms with Crippen molar-refractivity contribution in [3.63, 3.8) is 0 Å². The standard InChI is InChI=1S/C16H18N2O3S/c1-4-21-15(19)14-11(3)9-13(22-14)18-16(20)17-12-7-5-10(2)6-8-12/h5-9H,4H2,1-3H3,(H2,17,18,20). The minimum absolute atomic E-state index is 0.326. The average Bonchev–Trinajstić information content (AvgIpc) is 2.82. The topological polar surface area (TPSA) is 67.4 Å². The molecule has 0 unspecified atom stereocenters. The van der Waals surface area contributed by atoms with E-state index in [9.17, 15) is 9.59 Å². The predicted octanol–water partition coefficient (Wildman–Crippen LogP) is 4.19. The van der Waals surface area contributed by atoms with E-state index in [1.165, 1.54) is 11.3 Å². The van der Waals surface area contributed by atoms with Gasteiger partial charge in [0, 0.05) is 5.69 Å². The first-order chi connectivity index (χ1) is 10.5. The van der Waals surface area contributed by atoms with Gasteiger partial charge >= 0.3 is 12.0 Å². The molecule has 0 saturated heterocycles. The van der Waals surface area contributed by atoms with Gasteiger partial charge in [-0.2, -0.15) is 0 Å². The third-order valence-corrected chi connectivity index (χ3v) is 4.06. The van der Waals surface area contributed by atoms with Gasteiger partial charge in [0.05, 0.1) is 11.6 Å². The third kappa shape index (κ3) is 4.08. The molecule has 0 aliphatic heterocycles. The molecule has 0 atom stereocenters. The lowest BCUT2D eigenvalue weighted by Crippen LogP contribution is -2.18. The summed E-state index contributed by atoms with van der Waals surface area (Å²) in [7, 11) is 0. The van der Waals surface area contributed by atoms with Gasteiger partial charge < -0.3 is 10.1 Å². The van der Waals surface area contributed by atoms with Crippen LogP contribution in [-0.2, 0) is 4.74 Å². The van der Waals surface area contributed by atoms with Crippen LogP contribution in [0, 0.1) is 13.8 Å². The van der Waals surface area contributed by atoms with E-state index in [1.807, 2.05) is 38.1 Å². The molecule has 5 nitrogen and oxygen atoms in total. The summed E-state index contributed by atoms with van der Waals surface area (Å²) < 4.78 is 4.98. The Morgan fingerprint density at radius 3 is 2.45 bits per heavy atom. The van der Waals surface area contributed by atoms with Crippen molar-refractivity contribution in [3.8, 4) is 0 Å². The van der Waals surface area contributed by atoms with Crippen molar-refractivity contribution in [2.45, 2.75) is 20.8 Å². The van der Waals surface area contributed by atoms with Gasteiger partial charge in [-0.25, -0.2) is 9.59 Å². The van der Waals surface area contributed by atoms with E-state index in [1.54, 1.807) is 13.0 Å². The van der Waals surface area contributed by atoms with Crippen molar-refractivity contribution in [1.82, 2.24) is 0 Å². The molecule has 0 spiro atoms. The van der Waals surface area contributed by atoms with Crippen LogP contribution in [0.15, 0.2) is 30.3 Å². The molecule has 0 bridgehead atoms. The molecule has 1 aromatic heterocycles. The van der Waals surface area contributed by atoms with E-state index in [4.69, 9.17) is 4.74 Å². The van der Waals surface area contributed by atoms with Crippen LogP contribution in [-0.4, -0.2) is 18.6 Å². The fraction of sp³-hybridized carbons (Fsp3) is 0.250. The number of anilines is 2. The molecule has 116 valence electrons. The van der Waals surface area contributed by atoms with Gasteiger partial charge in [-0.05, 0) is 44.5 Å². The summed E-state index contributed by atoms with van der Waals surface area (Å²) in [5.41, 5.74) is 2.62. The number of thiophene rings is 1. The zero-order chi connectivity index (χ0) is 16.1. The molecule has 2 amide bonds. The Bertz CT molecular complexity index is 677. The second-order valence-corrected chi connectivity index (χ2v) is 5.84. The third-order valence-electron chi connectivity index (χ3n) is 2.92. The van der Waals surface area contributed by atoms with Crippen molar-refractivity contribution >= 4 is 34.0 Å². The number of benzene rings is 1. The summed E-state index contributed by atoms with van der Waals surface area (Å²) in [6.45, 7) is 5.88. The minimum Gasteiger partial charge on any atom is -0.462 e. The van der Waals surface area contributed by atoms with Crippen LogP contribution in [0.4, 0.5) is 15.5 Å². The van der Waals surface area contributed by atoms with Crippen molar-refractivity contribution < 1.29 is 14.3 Å². The lowest BCUT2D eigenvalue weighted by molar-refractivity contribution is 0.0531. The molecule has 2 N–H and O–H groups in total. The van der Waals surface area contributed by atoms with E-state index in [0.29, 0.717) is 22.2 Å². The van der Waals surface area contributed by atoms with E-state index in [0.717, 1.165) is 11.1 Å². The first-order valence-electron chi connectivity index (χ1n) is 6.92. The van der Waals surface area contributed by atoms with Crippen molar-refractivity contribution in [3.05, 3.63) is 46.3 Å². The molecule has 2 rings (SSSR count). The van der Waals surface area contributed by atoms with Crippen LogP contribution in [0.2, 0.25) is 0 Å². The highest BCUT2D eigenvalue weighted by molar-refractivity contribution is 7.18. The van der Waals surface area contributed by atoms with Gasteiger partial charge in [0.25, 0.3) is 0 Å². The number of aryl methyl sites for hydroxylation is 2. The first kappa shape index (κ1) is 16.0. The summed E-state index contributed by atoms with van der Waals surface area (Å²) in [6, 6.07) is 8.91. The van der Waals surface area contributed by atoms with Gasteiger partial charge in [0.15, 0.2) is 0 Å². The number of hydrogen-bond donors (Lipinski definition) is 2. The van der Waals surface area contributed by atoms with Crippen molar-refractivity contribution in [1.29, 1.82) is 0 Å². The predicted molar refractivity (Wildman–Crippen MR) is 88.8 cm³/mol. The zero-order valence-corrected chi connectivity index (χ0v) is 13.5. The highest BCUT2D eigenvalue weighted by atomic mass is 32.1. The van der Waals surface area contributed by atoms with Crippen LogP contribution in [0.3, 0.4) is 0 Å². The first-order valence-corrected chi connectivity index (χ1v) is 7.73. The Hall–Kier alpha value is -2.34. The fourth-order valence-corrected chi connectivity index (χ4v) is 2.82. The molecular formula is C16H18N2O3S. The van der Waals surface area contributed by atoms with Gasteiger partial charge in [-0.3, -0.25) is 5.32 Å². The number of amides is 2. The Morgan fingerprint density at radius 1 is 1.14 bits per heavy atom. The molecule has 0 saturated carbocycles. The normalized spacial score (nSPS) is 10.1. The lowest BCUT2D eigenvalue weighted by atomic mass is 10.2. The van der Waals surface area contributed by atoms with E-state index in [-0.39, 0.29) is 12.0 Å². The van der Waals surface area contributed by atoms with E-state index >= 15 is 0 Å². The summed E-state index contributed by atoms with van der Waals surface area (Å²) in [6.07, 6.45) is 0. The van der Waals surface area contributed by atoms with Gasteiger partial charge in [-0.1, -0.05) is 17.7 Å². The second kappa shape index (κ2) is 7.09. The highest BCUT2D eigenvalue weighted by Gasteiger charge is 2.15. The highest BCUT2D eigenvalue weighted by Crippen LogP contribution is 2.27. The Labute approximate surface area is 133 Å². The van der Waals surface area contributed by atoms with Crippen LogP contribution in [0.5, 0.6) is 0 Å². The maximum Gasteiger partial charge on any atom is 0.348 e. The quantitative estimate of drug-likeness (QED) is 0.831.